The van der Waals surface area contributed by atoms with E-state index in [4.69, 9.17) is 0 Å². The Morgan fingerprint density at radius 3 is 2.81 bits per heavy atom. The highest BCUT2D eigenvalue weighted by atomic mass is 79.9. The van der Waals surface area contributed by atoms with Crippen LogP contribution in [0.15, 0.2) is 41.1 Å². The number of benzene rings is 1. The highest BCUT2D eigenvalue weighted by molar-refractivity contribution is 9.10. The van der Waals surface area contributed by atoms with Gasteiger partial charge >= 0.3 is 6.18 Å². The number of aromatic nitrogens is 2. The zero-order chi connectivity index (χ0) is 18.9. The third-order valence-corrected chi connectivity index (χ3v) is 4.42. The van der Waals surface area contributed by atoms with Crippen LogP contribution in [-0.2, 0) is 9.59 Å². The minimum atomic E-state index is -4.49. The molecule has 1 saturated heterocycles. The molecular weight excluding hydrogens is 417 g/mol. The second-order valence-corrected chi connectivity index (χ2v) is 6.81. The number of hydrogen-bond acceptors (Lipinski definition) is 3. The minimum Gasteiger partial charge on any atom is -0.333 e. The molecule has 1 N–H and O–H groups in total. The lowest BCUT2D eigenvalue weighted by Crippen LogP contribution is -2.36. The van der Waals surface area contributed by atoms with E-state index in [1.165, 1.54) is 0 Å². The van der Waals surface area contributed by atoms with E-state index in [1.807, 2.05) is 0 Å². The molecule has 1 aliphatic rings. The first kappa shape index (κ1) is 18.4. The Morgan fingerprint density at radius 1 is 1.38 bits per heavy atom. The van der Waals surface area contributed by atoms with Crippen molar-refractivity contribution < 1.29 is 22.8 Å². The third-order valence-electron chi connectivity index (χ3n) is 3.92. The minimum absolute atomic E-state index is 0.243. The van der Waals surface area contributed by atoms with Crippen LogP contribution in [-0.4, -0.2) is 45.8 Å². The average molecular weight is 431 g/mol. The van der Waals surface area contributed by atoms with Crippen molar-refractivity contribution in [3.8, 4) is 5.69 Å². The quantitative estimate of drug-likeness (QED) is 0.810. The van der Waals surface area contributed by atoms with Crippen molar-refractivity contribution >= 4 is 33.4 Å². The first-order valence-electron chi connectivity index (χ1n) is 7.68. The van der Waals surface area contributed by atoms with Crippen LogP contribution < -0.4 is 5.32 Å². The summed E-state index contributed by atoms with van der Waals surface area (Å²) in [6.45, 7) is -1.60. The fourth-order valence-electron chi connectivity index (χ4n) is 2.77. The second-order valence-electron chi connectivity index (χ2n) is 5.89. The van der Waals surface area contributed by atoms with E-state index in [0.717, 1.165) is 0 Å². The van der Waals surface area contributed by atoms with Crippen molar-refractivity contribution in [3.63, 3.8) is 0 Å². The smallest absolute Gasteiger partial charge is 0.333 e. The van der Waals surface area contributed by atoms with Crippen molar-refractivity contribution in [2.75, 3.05) is 18.4 Å². The van der Waals surface area contributed by atoms with Gasteiger partial charge in [-0.15, -0.1) is 0 Å². The van der Waals surface area contributed by atoms with Gasteiger partial charge in [0.05, 0.1) is 17.3 Å². The number of nitrogens with one attached hydrogen (secondary N) is 1. The number of carbonyl (C=O) groups excluding carboxylic acids is 2. The van der Waals surface area contributed by atoms with Crippen molar-refractivity contribution in [3.05, 3.63) is 41.1 Å². The van der Waals surface area contributed by atoms with Crippen LogP contribution in [0.5, 0.6) is 0 Å². The molecule has 1 unspecified atom stereocenters. The molecule has 10 heteroatoms. The van der Waals surface area contributed by atoms with E-state index in [-0.39, 0.29) is 13.0 Å². The summed E-state index contributed by atoms with van der Waals surface area (Å²) in [6, 6.07) is 6.90. The summed E-state index contributed by atoms with van der Waals surface area (Å²) in [7, 11) is 0. The number of halogens is 4. The summed E-state index contributed by atoms with van der Waals surface area (Å²) in [5, 5.41) is 6.80. The zero-order valence-corrected chi connectivity index (χ0v) is 14.9. The molecule has 2 heterocycles. The molecule has 0 aliphatic carbocycles. The van der Waals surface area contributed by atoms with Crippen molar-refractivity contribution in [2.45, 2.75) is 12.6 Å². The number of amides is 2. The van der Waals surface area contributed by atoms with Crippen LogP contribution >= 0.6 is 15.9 Å². The summed E-state index contributed by atoms with van der Waals surface area (Å²) in [6.07, 6.45) is -1.45. The van der Waals surface area contributed by atoms with Crippen LogP contribution in [0.3, 0.4) is 0 Å². The molecule has 1 atom stereocenters. The summed E-state index contributed by atoms with van der Waals surface area (Å²) in [5.74, 6) is -2.02. The molecule has 26 heavy (non-hydrogen) atoms. The number of hydrogen-bond donors (Lipinski definition) is 1. The molecular formula is C16H14BrF3N4O2. The molecule has 138 valence electrons. The summed E-state index contributed by atoms with van der Waals surface area (Å²) in [4.78, 5) is 24.9. The Bertz CT molecular complexity index is 823. The first-order chi connectivity index (χ1) is 12.2. The van der Waals surface area contributed by atoms with E-state index >= 15 is 0 Å². The predicted molar refractivity (Wildman–Crippen MR) is 90.6 cm³/mol. The van der Waals surface area contributed by atoms with Gasteiger partial charge in [0.2, 0.25) is 11.8 Å². The topological polar surface area (TPSA) is 67.2 Å². The molecule has 0 spiro atoms. The number of likely N-dealkylation sites (tertiary alicyclic amines) is 1. The van der Waals surface area contributed by atoms with Crippen molar-refractivity contribution in [1.82, 2.24) is 14.7 Å². The van der Waals surface area contributed by atoms with Gasteiger partial charge in [0.15, 0.2) is 0 Å². The summed E-state index contributed by atoms with van der Waals surface area (Å²) in [5.41, 5.74) is 1.04. The molecule has 2 amide bonds. The van der Waals surface area contributed by atoms with Crippen molar-refractivity contribution in [2.24, 2.45) is 5.92 Å². The highest BCUT2D eigenvalue weighted by Gasteiger charge is 2.40. The molecule has 1 aromatic heterocycles. The normalized spacial score (nSPS) is 17.6. The highest BCUT2D eigenvalue weighted by Crippen LogP contribution is 2.28. The maximum absolute atomic E-state index is 12.5. The fraction of sp³-hybridized carbons (Fsp3) is 0.312. The van der Waals surface area contributed by atoms with E-state index in [9.17, 15) is 22.8 Å². The SMILES string of the molecule is O=C(Nc1cc(Br)ccc1-n1cccn1)C1CC(=O)N(CC(F)(F)F)C1. The monoisotopic (exact) mass is 430 g/mol. The lowest BCUT2D eigenvalue weighted by molar-refractivity contribution is -0.157. The molecule has 1 aliphatic heterocycles. The van der Waals surface area contributed by atoms with Crippen LogP contribution in [0.25, 0.3) is 5.69 Å². The first-order valence-corrected chi connectivity index (χ1v) is 8.47. The van der Waals surface area contributed by atoms with E-state index in [1.54, 1.807) is 41.3 Å². The maximum Gasteiger partial charge on any atom is 0.406 e. The predicted octanol–water partition coefficient (Wildman–Crippen LogP) is 2.98. The maximum atomic E-state index is 12.5. The number of nitrogens with zero attached hydrogens (tertiary/aromatic N) is 3. The Labute approximate surface area is 155 Å². The summed E-state index contributed by atoms with van der Waals surface area (Å²) < 4.78 is 39.8. The van der Waals surface area contributed by atoms with Gasteiger partial charge in [-0.2, -0.15) is 18.3 Å². The van der Waals surface area contributed by atoms with Gasteiger partial charge in [-0.3, -0.25) is 9.59 Å². The standard InChI is InChI=1S/C16H14BrF3N4O2/c17-11-2-3-13(24-5-1-4-21-24)12(7-11)22-15(26)10-6-14(25)23(8-10)9-16(18,19)20/h1-5,7,10H,6,8-9H2,(H,22,26). The molecule has 0 saturated carbocycles. The van der Waals surface area contributed by atoms with Crippen LogP contribution in [0.2, 0.25) is 0 Å². The van der Waals surface area contributed by atoms with Gasteiger partial charge in [-0.25, -0.2) is 4.68 Å². The Hall–Kier alpha value is -2.36. The van der Waals surface area contributed by atoms with Crippen LogP contribution in [0.1, 0.15) is 6.42 Å². The molecule has 0 radical (unpaired) electrons. The Balaban J connectivity index is 1.75. The van der Waals surface area contributed by atoms with Crippen LogP contribution in [0, 0.1) is 5.92 Å². The number of alkyl halides is 3. The Morgan fingerprint density at radius 2 is 2.15 bits per heavy atom. The molecule has 3 rings (SSSR count). The van der Waals surface area contributed by atoms with Crippen LogP contribution in [0.4, 0.5) is 18.9 Å². The second kappa shape index (κ2) is 7.10. The lowest BCUT2D eigenvalue weighted by atomic mass is 10.1. The average Bonchev–Trinajstić information content (AvgIpc) is 3.17. The van der Waals surface area contributed by atoms with Crippen molar-refractivity contribution in [1.29, 1.82) is 0 Å². The van der Waals surface area contributed by atoms with Gasteiger partial charge in [0, 0.05) is 29.8 Å². The van der Waals surface area contributed by atoms with Gasteiger partial charge in [0.1, 0.15) is 6.54 Å². The van der Waals surface area contributed by atoms with Gasteiger partial charge in [-0.1, -0.05) is 15.9 Å². The molecule has 0 bridgehead atoms. The lowest BCUT2D eigenvalue weighted by Gasteiger charge is -2.18. The number of rotatable bonds is 4. The molecule has 1 fully saturated rings. The number of carbonyl (C=O) groups is 2. The van der Waals surface area contributed by atoms with Gasteiger partial charge < -0.3 is 10.2 Å². The van der Waals surface area contributed by atoms with Gasteiger partial charge in [0.25, 0.3) is 0 Å². The fourth-order valence-corrected chi connectivity index (χ4v) is 3.13. The largest absolute Gasteiger partial charge is 0.406 e. The third kappa shape index (κ3) is 4.24. The van der Waals surface area contributed by atoms with E-state index < -0.39 is 30.5 Å². The molecule has 2 aromatic rings. The van der Waals surface area contributed by atoms with E-state index in [2.05, 4.69) is 26.3 Å². The van der Waals surface area contributed by atoms with Gasteiger partial charge in [-0.05, 0) is 24.3 Å². The molecule has 1 aromatic carbocycles. The molecule has 6 nitrogen and oxygen atoms in total. The van der Waals surface area contributed by atoms with E-state index in [0.29, 0.717) is 20.7 Å². The summed E-state index contributed by atoms with van der Waals surface area (Å²) >= 11 is 3.32. The zero-order valence-electron chi connectivity index (χ0n) is 13.3. The number of anilines is 1. The Kier molecular flexibility index (Phi) is 5.03.